The second kappa shape index (κ2) is 5.81. The van der Waals surface area contributed by atoms with Gasteiger partial charge in [0.05, 0.1) is 0 Å². The van der Waals surface area contributed by atoms with Crippen molar-refractivity contribution in [1.29, 1.82) is 0 Å². The SMILES string of the molecule is Cc1cc(C)c2cc(-c3ccc(Cl)cc3)n(CC(C)C)c2c1. The maximum atomic E-state index is 6.04. The van der Waals surface area contributed by atoms with Gasteiger partial charge in [-0.2, -0.15) is 0 Å². The Morgan fingerprint density at radius 2 is 1.68 bits per heavy atom. The Hall–Kier alpha value is -1.73. The number of aromatic nitrogens is 1. The van der Waals surface area contributed by atoms with Crippen molar-refractivity contribution < 1.29 is 0 Å². The first-order valence-electron chi connectivity index (χ1n) is 7.82. The van der Waals surface area contributed by atoms with Crippen molar-refractivity contribution in [2.75, 3.05) is 0 Å². The predicted octanol–water partition coefficient (Wildman–Crippen LogP) is 6.23. The van der Waals surface area contributed by atoms with Gasteiger partial charge < -0.3 is 4.57 Å². The van der Waals surface area contributed by atoms with Crippen LogP contribution in [0.1, 0.15) is 25.0 Å². The molecule has 0 unspecified atom stereocenters. The third-order valence-corrected chi connectivity index (χ3v) is 4.31. The zero-order valence-corrected chi connectivity index (χ0v) is 14.4. The summed E-state index contributed by atoms with van der Waals surface area (Å²) < 4.78 is 2.45. The lowest BCUT2D eigenvalue weighted by molar-refractivity contribution is 0.538. The van der Waals surface area contributed by atoms with Crippen LogP contribution in [0.2, 0.25) is 5.02 Å². The number of hydrogen-bond donors (Lipinski definition) is 0. The zero-order chi connectivity index (χ0) is 15.9. The van der Waals surface area contributed by atoms with Crippen molar-refractivity contribution in [1.82, 2.24) is 4.57 Å². The molecule has 1 heterocycles. The largest absolute Gasteiger partial charge is 0.340 e. The summed E-state index contributed by atoms with van der Waals surface area (Å²) >= 11 is 6.04. The van der Waals surface area contributed by atoms with Gasteiger partial charge in [0.2, 0.25) is 0 Å². The third-order valence-electron chi connectivity index (χ3n) is 4.06. The molecule has 114 valence electrons. The maximum absolute atomic E-state index is 6.04. The molecule has 0 fully saturated rings. The Kier molecular flexibility index (Phi) is 4.01. The van der Waals surface area contributed by atoms with Crippen LogP contribution in [0.3, 0.4) is 0 Å². The van der Waals surface area contributed by atoms with E-state index in [1.54, 1.807) is 0 Å². The minimum absolute atomic E-state index is 0.600. The van der Waals surface area contributed by atoms with Gasteiger partial charge in [-0.05, 0) is 60.7 Å². The predicted molar refractivity (Wildman–Crippen MR) is 96.7 cm³/mol. The van der Waals surface area contributed by atoms with E-state index in [0.717, 1.165) is 11.6 Å². The Morgan fingerprint density at radius 1 is 1.00 bits per heavy atom. The molecule has 0 aliphatic rings. The molecule has 3 aromatic rings. The van der Waals surface area contributed by atoms with Gasteiger partial charge in [0.25, 0.3) is 0 Å². The van der Waals surface area contributed by atoms with E-state index in [0.29, 0.717) is 5.92 Å². The summed E-state index contributed by atoms with van der Waals surface area (Å²) in [6.07, 6.45) is 0. The van der Waals surface area contributed by atoms with Crippen LogP contribution in [-0.2, 0) is 6.54 Å². The highest BCUT2D eigenvalue weighted by Crippen LogP contribution is 2.32. The Labute approximate surface area is 137 Å². The number of halogens is 1. The van der Waals surface area contributed by atoms with Crippen molar-refractivity contribution in [3.8, 4) is 11.3 Å². The number of aryl methyl sites for hydroxylation is 2. The van der Waals surface area contributed by atoms with Crippen LogP contribution in [0.4, 0.5) is 0 Å². The van der Waals surface area contributed by atoms with Gasteiger partial charge in [0.1, 0.15) is 0 Å². The lowest BCUT2D eigenvalue weighted by Crippen LogP contribution is -2.05. The second-order valence-corrected chi connectivity index (χ2v) is 6.99. The van der Waals surface area contributed by atoms with Gasteiger partial charge in [-0.3, -0.25) is 0 Å². The maximum Gasteiger partial charge on any atom is 0.0491 e. The number of nitrogens with zero attached hydrogens (tertiary/aromatic N) is 1. The molecule has 0 atom stereocenters. The molecule has 0 radical (unpaired) electrons. The van der Waals surface area contributed by atoms with Crippen molar-refractivity contribution >= 4 is 22.5 Å². The van der Waals surface area contributed by atoms with E-state index in [1.807, 2.05) is 12.1 Å². The van der Waals surface area contributed by atoms with Gasteiger partial charge in [-0.15, -0.1) is 0 Å². The van der Waals surface area contributed by atoms with E-state index < -0.39 is 0 Å². The van der Waals surface area contributed by atoms with Gasteiger partial charge in [0.15, 0.2) is 0 Å². The molecule has 0 N–H and O–H groups in total. The zero-order valence-electron chi connectivity index (χ0n) is 13.7. The normalized spacial score (nSPS) is 11.5. The van der Waals surface area contributed by atoms with Crippen LogP contribution in [0.5, 0.6) is 0 Å². The number of fused-ring (bicyclic) bond motifs is 1. The van der Waals surface area contributed by atoms with Gasteiger partial charge in [-0.25, -0.2) is 0 Å². The molecule has 2 heteroatoms. The molecule has 3 rings (SSSR count). The summed E-state index contributed by atoms with van der Waals surface area (Å²) in [4.78, 5) is 0. The fraction of sp³-hybridized carbons (Fsp3) is 0.300. The molecule has 0 saturated carbocycles. The van der Waals surface area contributed by atoms with Gasteiger partial charge in [0, 0.05) is 28.2 Å². The van der Waals surface area contributed by atoms with Crippen molar-refractivity contribution in [3.05, 3.63) is 58.6 Å². The second-order valence-electron chi connectivity index (χ2n) is 6.56. The highest BCUT2D eigenvalue weighted by Gasteiger charge is 2.13. The highest BCUT2D eigenvalue weighted by molar-refractivity contribution is 6.30. The minimum Gasteiger partial charge on any atom is -0.340 e. The lowest BCUT2D eigenvalue weighted by Gasteiger charge is -2.14. The van der Waals surface area contributed by atoms with Crippen LogP contribution in [0.25, 0.3) is 22.2 Å². The van der Waals surface area contributed by atoms with Crippen molar-refractivity contribution in [2.24, 2.45) is 5.92 Å². The van der Waals surface area contributed by atoms with Crippen LogP contribution < -0.4 is 0 Å². The van der Waals surface area contributed by atoms with E-state index in [9.17, 15) is 0 Å². The Morgan fingerprint density at radius 3 is 2.32 bits per heavy atom. The lowest BCUT2D eigenvalue weighted by atomic mass is 10.1. The fourth-order valence-electron chi connectivity index (χ4n) is 3.13. The summed E-state index contributed by atoms with van der Waals surface area (Å²) in [6, 6.07) is 15.0. The van der Waals surface area contributed by atoms with Crippen LogP contribution >= 0.6 is 11.6 Å². The Bertz CT molecular complexity index is 810. The molecule has 0 bridgehead atoms. The molecular weight excluding hydrogens is 290 g/mol. The first-order valence-corrected chi connectivity index (χ1v) is 8.20. The van der Waals surface area contributed by atoms with Crippen LogP contribution in [-0.4, -0.2) is 4.57 Å². The average molecular weight is 312 g/mol. The number of benzene rings is 2. The molecule has 1 aromatic heterocycles. The first kappa shape index (κ1) is 15.2. The molecule has 2 aromatic carbocycles. The molecule has 0 aliphatic heterocycles. The summed E-state index contributed by atoms with van der Waals surface area (Å²) in [5.74, 6) is 0.600. The van der Waals surface area contributed by atoms with E-state index in [1.165, 1.54) is 33.3 Å². The molecule has 1 nitrogen and oxygen atoms in total. The van der Waals surface area contributed by atoms with E-state index >= 15 is 0 Å². The van der Waals surface area contributed by atoms with E-state index in [4.69, 9.17) is 11.6 Å². The summed E-state index contributed by atoms with van der Waals surface area (Å²) in [7, 11) is 0. The molecule has 0 amide bonds. The smallest absolute Gasteiger partial charge is 0.0491 e. The van der Waals surface area contributed by atoms with E-state index in [-0.39, 0.29) is 0 Å². The monoisotopic (exact) mass is 311 g/mol. The molecule has 0 aliphatic carbocycles. The summed E-state index contributed by atoms with van der Waals surface area (Å²) in [5, 5.41) is 2.12. The highest BCUT2D eigenvalue weighted by atomic mass is 35.5. The molecule has 0 spiro atoms. The van der Waals surface area contributed by atoms with Crippen LogP contribution in [0.15, 0.2) is 42.5 Å². The van der Waals surface area contributed by atoms with Crippen molar-refractivity contribution in [3.63, 3.8) is 0 Å². The van der Waals surface area contributed by atoms with E-state index in [2.05, 4.69) is 62.6 Å². The summed E-state index contributed by atoms with van der Waals surface area (Å²) in [6.45, 7) is 9.91. The third kappa shape index (κ3) is 2.78. The molecule has 22 heavy (non-hydrogen) atoms. The molecular formula is C20H22ClN. The topological polar surface area (TPSA) is 4.93 Å². The number of rotatable bonds is 3. The minimum atomic E-state index is 0.600. The standard InChI is InChI=1S/C20H22ClN/c1-13(2)12-22-19(16-5-7-17(21)8-6-16)11-18-15(4)9-14(3)10-20(18)22/h5-11,13H,12H2,1-4H3. The van der Waals surface area contributed by atoms with Gasteiger partial charge in [-0.1, -0.05) is 43.6 Å². The first-order chi connectivity index (χ1) is 10.5. The Balaban J connectivity index is 2.28. The van der Waals surface area contributed by atoms with Gasteiger partial charge >= 0.3 is 0 Å². The fourth-order valence-corrected chi connectivity index (χ4v) is 3.26. The van der Waals surface area contributed by atoms with Crippen LogP contribution in [0, 0.1) is 19.8 Å². The molecule has 0 saturated heterocycles. The average Bonchev–Trinajstić information content (AvgIpc) is 2.78. The number of hydrogen-bond acceptors (Lipinski definition) is 0. The quantitative estimate of drug-likeness (QED) is 0.540. The van der Waals surface area contributed by atoms with Crippen molar-refractivity contribution in [2.45, 2.75) is 34.2 Å². The summed E-state index contributed by atoms with van der Waals surface area (Å²) in [5.41, 5.74) is 6.48.